The van der Waals surface area contributed by atoms with Gasteiger partial charge in [0.1, 0.15) is 5.84 Å². The lowest BCUT2D eigenvalue weighted by Gasteiger charge is -2.03. The van der Waals surface area contributed by atoms with Gasteiger partial charge in [0, 0.05) is 13.5 Å². The van der Waals surface area contributed by atoms with Gasteiger partial charge in [-0.1, -0.05) is 13.3 Å². The van der Waals surface area contributed by atoms with Gasteiger partial charge in [-0.3, -0.25) is 4.99 Å². The SMILES string of the molecule is CCCCC(=NCCOC)NN. The third kappa shape index (κ3) is 6.12. The molecule has 0 spiro atoms. The highest BCUT2D eigenvalue weighted by Crippen LogP contribution is 1.94. The smallest absolute Gasteiger partial charge is 0.110 e. The lowest BCUT2D eigenvalue weighted by atomic mass is 10.2. The monoisotopic (exact) mass is 173 g/mol. The molecule has 4 nitrogen and oxygen atoms in total. The van der Waals surface area contributed by atoms with Crippen molar-refractivity contribution in [3.05, 3.63) is 0 Å². The highest BCUT2D eigenvalue weighted by atomic mass is 16.5. The minimum atomic E-state index is 0.650. The van der Waals surface area contributed by atoms with Gasteiger partial charge in [0.15, 0.2) is 0 Å². The van der Waals surface area contributed by atoms with Gasteiger partial charge < -0.3 is 10.2 Å². The van der Waals surface area contributed by atoms with E-state index in [1.54, 1.807) is 7.11 Å². The minimum absolute atomic E-state index is 0.650. The van der Waals surface area contributed by atoms with E-state index in [4.69, 9.17) is 10.6 Å². The van der Waals surface area contributed by atoms with Gasteiger partial charge >= 0.3 is 0 Å². The Morgan fingerprint density at radius 2 is 2.33 bits per heavy atom. The first-order chi connectivity index (χ1) is 5.85. The molecule has 0 radical (unpaired) electrons. The average Bonchev–Trinajstić information content (AvgIpc) is 2.11. The summed E-state index contributed by atoms with van der Waals surface area (Å²) in [4.78, 5) is 4.22. The topological polar surface area (TPSA) is 59.6 Å². The van der Waals surface area contributed by atoms with Crippen LogP contribution in [-0.4, -0.2) is 26.1 Å². The number of rotatable bonds is 6. The van der Waals surface area contributed by atoms with E-state index in [2.05, 4.69) is 17.3 Å². The molecule has 0 aliphatic rings. The van der Waals surface area contributed by atoms with Crippen LogP contribution in [0.2, 0.25) is 0 Å². The van der Waals surface area contributed by atoms with E-state index in [0.29, 0.717) is 13.2 Å². The highest BCUT2D eigenvalue weighted by molar-refractivity contribution is 5.81. The Balaban J connectivity index is 3.55. The molecule has 0 aliphatic heterocycles. The van der Waals surface area contributed by atoms with Crippen molar-refractivity contribution >= 4 is 5.84 Å². The zero-order valence-electron chi connectivity index (χ0n) is 7.97. The van der Waals surface area contributed by atoms with E-state index in [1.165, 1.54) is 0 Å². The predicted molar refractivity (Wildman–Crippen MR) is 51.0 cm³/mol. The highest BCUT2D eigenvalue weighted by Gasteiger charge is 1.93. The molecule has 0 amide bonds. The van der Waals surface area contributed by atoms with Crippen LogP contribution in [0.15, 0.2) is 4.99 Å². The summed E-state index contributed by atoms with van der Waals surface area (Å²) in [6.45, 7) is 3.47. The summed E-state index contributed by atoms with van der Waals surface area (Å²) in [6.07, 6.45) is 3.21. The number of hydrogen-bond acceptors (Lipinski definition) is 3. The lowest BCUT2D eigenvalue weighted by molar-refractivity contribution is 0.208. The molecule has 0 heterocycles. The number of aliphatic imine (C=N–C) groups is 1. The molecule has 0 rings (SSSR count). The van der Waals surface area contributed by atoms with Crippen LogP contribution in [0.3, 0.4) is 0 Å². The Morgan fingerprint density at radius 3 is 2.83 bits per heavy atom. The fourth-order valence-corrected chi connectivity index (χ4v) is 0.813. The van der Waals surface area contributed by atoms with E-state index in [0.717, 1.165) is 25.1 Å². The summed E-state index contributed by atoms with van der Waals surface area (Å²) < 4.78 is 4.87. The van der Waals surface area contributed by atoms with Crippen LogP contribution in [0.5, 0.6) is 0 Å². The van der Waals surface area contributed by atoms with Crippen molar-refractivity contribution in [2.45, 2.75) is 26.2 Å². The maximum Gasteiger partial charge on any atom is 0.110 e. The van der Waals surface area contributed by atoms with E-state index >= 15 is 0 Å². The lowest BCUT2D eigenvalue weighted by Crippen LogP contribution is -2.30. The Morgan fingerprint density at radius 1 is 1.58 bits per heavy atom. The van der Waals surface area contributed by atoms with E-state index in [1.807, 2.05) is 0 Å². The molecule has 0 aromatic carbocycles. The summed E-state index contributed by atoms with van der Waals surface area (Å²) in [7, 11) is 1.66. The van der Waals surface area contributed by atoms with Crippen LogP contribution in [0.4, 0.5) is 0 Å². The molecule has 3 N–H and O–H groups in total. The molecule has 0 aromatic rings. The summed E-state index contributed by atoms with van der Waals surface area (Å²) in [5, 5.41) is 0. The number of unbranched alkanes of at least 4 members (excludes halogenated alkanes) is 1. The van der Waals surface area contributed by atoms with Gasteiger partial charge in [-0.05, 0) is 6.42 Å². The molecule has 0 atom stereocenters. The van der Waals surface area contributed by atoms with Gasteiger partial charge in [0.2, 0.25) is 0 Å². The molecule has 72 valence electrons. The van der Waals surface area contributed by atoms with Crippen molar-refractivity contribution in [3.8, 4) is 0 Å². The van der Waals surface area contributed by atoms with Gasteiger partial charge in [-0.15, -0.1) is 0 Å². The molecule has 0 bridgehead atoms. The molecule has 0 fully saturated rings. The van der Waals surface area contributed by atoms with Gasteiger partial charge in [0.05, 0.1) is 13.2 Å². The zero-order chi connectivity index (χ0) is 9.23. The first kappa shape index (κ1) is 11.4. The van der Waals surface area contributed by atoms with Crippen LogP contribution >= 0.6 is 0 Å². The Labute approximate surface area is 74.2 Å². The fourth-order valence-electron chi connectivity index (χ4n) is 0.813. The van der Waals surface area contributed by atoms with Crippen molar-refractivity contribution in [3.63, 3.8) is 0 Å². The standard InChI is InChI=1S/C8H19N3O/c1-3-4-5-8(11-9)10-6-7-12-2/h3-7,9H2,1-2H3,(H,10,11). The van der Waals surface area contributed by atoms with Crippen LogP contribution in [0.25, 0.3) is 0 Å². The molecular formula is C8H19N3O. The van der Waals surface area contributed by atoms with Crippen LogP contribution in [-0.2, 0) is 4.74 Å². The van der Waals surface area contributed by atoms with Crippen molar-refractivity contribution in [1.29, 1.82) is 0 Å². The summed E-state index contributed by atoms with van der Waals surface area (Å²) >= 11 is 0. The Kier molecular flexibility index (Phi) is 8.05. The maximum atomic E-state index is 5.27. The molecule has 0 aromatic heterocycles. The second-order valence-corrected chi connectivity index (χ2v) is 2.57. The van der Waals surface area contributed by atoms with Crippen molar-refractivity contribution in [2.75, 3.05) is 20.3 Å². The first-order valence-corrected chi connectivity index (χ1v) is 4.34. The number of nitrogens with two attached hydrogens (primary N) is 1. The average molecular weight is 173 g/mol. The number of hydrazine groups is 1. The third-order valence-corrected chi connectivity index (χ3v) is 1.53. The molecule has 0 unspecified atom stereocenters. The normalized spacial score (nSPS) is 11.8. The van der Waals surface area contributed by atoms with Gasteiger partial charge in [-0.2, -0.15) is 0 Å². The van der Waals surface area contributed by atoms with Crippen LogP contribution in [0, 0.1) is 0 Å². The zero-order valence-corrected chi connectivity index (χ0v) is 7.97. The van der Waals surface area contributed by atoms with Gasteiger partial charge in [-0.25, -0.2) is 5.84 Å². The summed E-state index contributed by atoms with van der Waals surface area (Å²) in [6, 6.07) is 0. The number of methoxy groups -OCH3 is 1. The van der Waals surface area contributed by atoms with E-state index in [-0.39, 0.29) is 0 Å². The molecule has 4 heteroatoms. The second kappa shape index (κ2) is 8.49. The predicted octanol–water partition coefficient (Wildman–Crippen LogP) is 0.685. The second-order valence-electron chi connectivity index (χ2n) is 2.57. The Bertz CT molecular complexity index is 125. The number of ether oxygens (including phenoxy) is 1. The fraction of sp³-hybridized carbons (Fsp3) is 0.875. The number of amidine groups is 1. The largest absolute Gasteiger partial charge is 0.383 e. The summed E-state index contributed by atoms with van der Waals surface area (Å²) in [5.74, 6) is 6.14. The maximum absolute atomic E-state index is 5.27. The van der Waals surface area contributed by atoms with Crippen molar-refractivity contribution in [1.82, 2.24) is 5.43 Å². The number of hydrogen-bond donors (Lipinski definition) is 2. The molecule has 0 aliphatic carbocycles. The third-order valence-electron chi connectivity index (χ3n) is 1.53. The van der Waals surface area contributed by atoms with E-state index in [9.17, 15) is 0 Å². The van der Waals surface area contributed by atoms with Crippen molar-refractivity contribution < 1.29 is 4.74 Å². The molecule has 0 saturated heterocycles. The van der Waals surface area contributed by atoms with Gasteiger partial charge in [0.25, 0.3) is 0 Å². The summed E-state index contributed by atoms with van der Waals surface area (Å²) in [5.41, 5.74) is 2.59. The van der Waals surface area contributed by atoms with Crippen LogP contribution in [0.1, 0.15) is 26.2 Å². The molecule has 12 heavy (non-hydrogen) atoms. The number of nitrogens with one attached hydrogen (secondary N) is 1. The van der Waals surface area contributed by atoms with Crippen LogP contribution < -0.4 is 11.3 Å². The number of nitrogens with zero attached hydrogens (tertiary/aromatic N) is 1. The first-order valence-electron chi connectivity index (χ1n) is 4.34. The quantitative estimate of drug-likeness (QED) is 0.204. The van der Waals surface area contributed by atoms with Crippen molar-refractivity contribution in [2.24, 2.45) is 10.8 Å². The molecule has 0 saturated carbocycles. The van der Waals surface area contributed by atoms with E-state index < -0.39 is 0 Å². The Hall–Kier alpha value is -0.610. The molecular weight excluding hydrogens is 154 g/mol. The minimum Gasteiger partial charge on any atom is -0.383 e.